The van der Waals surface area contributed by atoms with Crippen LogP contribution in [0.15, 0.2) is 29.1 Å². The van der Waals surface area contributed by atoms with Gasteiger partial charge in [-0.3, -0.25) is 9.69 Å². The van der Waals surface area contributed by atoms with Gasteiger partial charge < -0.3 is 4.98 Å². The van der Waals surface area contributed by atoms with E-state index in [1.165, 1.54) is 39.0 Å². The van der Waals surface area contributed by atoms with Crippen molar-refractivity contribution in [3.8, 4) is 11.4 Å². The van der Waals surface area contributed by atoms with E-state index in [0.717, 1.165) is 30.8 Å². The molecule has 0 amide bonds. The lowest BCUT2D eigenvalue weighted by molar-refractivity contribution is 0.256. The lowest BCUT2D eigenvalue weighted by atomic mass is 9.86. The SMILES string of the molecule is Cc1nc(-c2ccccc2CN2CCC3(CCCC3)C2)[nH]c(=O)c1F. The number of H-pyrrole nitrogens is 1. The second-order valence-corrected chi connectivity index (χ2v) is 7.64. The van der Waals surface area contributed by atoms with Crippen LogP contribution in [-0.2, 0) is 6.54 Å². The molecule has 2 aromatic rings. The first-order valence-electron chi connectivity index (χ1n) is 9.13. The number of hydrogen-bond donors (Lipinski definition) is 1. The summed E-state index contributed by atoms with van der Waals surface area (Å²) in [6.45, 7) is 4.66. The van der Waals surface area contributed by atoms with Gasteiger partial charge in [0, 0.05) is 18.7 Å². The van der Waals surface area contributed by atoms with Crippen LogP contribution >= 0.6 is 0 Å². The molecule has 1 aliphatic carbocycles. The van der Waals surface area contributed by atoms with Crippen LogP contribution < -0.4 is 5.56 Å². The van der Waals surface area contributed by atoms with Gasteiger partial charge in [0.1, 0.15) is 5.82 Å². The van der Waals surface area contributed by atoms with Gasteiger partial charge in [-0.1, -0.05) is 37.1 Å². The fourth-order valence-corrected chi connectivity index (χ4v) is 4.52. The maximum absolute atomic E-state index is 13.6. The van der Waals surface area contributed by atoms with Crippen molar-refractivity contribution in [3.63, 3.8) is 0 Å². The van der Waals surface area contributed by atoms with Gasteiger partial charge in [-0.25, -0.2) is 4.98 Å². The van der Waals surface area contributed by atoms with Gasteiger partial charge in [0.25, 0.3) is 5.56 Å². The number of aromatic amines is 1. The first-order chi connectivity index (χ1) is 12.1. The fourth-order valence-electron chi connectivity index (χ4n) is 4.52. The topological polar surface area (TPSA) is 49.0 Å². The molecule has 2 fully saturated rings. The fraction of sp³-hybridized carbons (Fsp3) is 0.500. The predicted octanol–water partition coefficient (Wildman–Crippen LogP) is 3.65. The van der Waals surface area contributed by atoms with Crippen molar-refractivity contribution in [1.82, 2.24) is 14.9 Å². The summed E-state index contributed by atoms with van der Waals surface area (Å²) in [6.07, 6.45) is 6.74. The minimum absolute atomic E-state index is 0.139. The van der Waals surface area contributed by atoms with Gasteiger partial charge in [0.05, 0.1) is 5.69 Å². The Balaban J connectivity index is 1.61. The summed E-state index contributed by atoms with van der Waals surface area (Å²) in [5.74, 6) is -0.349. The Hall–Kier alpha value is -2.01. The van der Waals surface area contributed by atoms with Crippen molar-refractivity contribution in [3.05, 3.63) is 51.7 Å². The maximum Gasteiger partial charge on any atom is 0.287 e. The summed E-state index contributed by atoms with van der Waals surface area (Å²) >= 11 is 0. The summed E-state index contributed by atoms with van der Waals surface area (Å²) in [5.41, 5.74) is 1.98. The molecule has 0 bridgehead atoms. The summed E-state index contributed by atoms with van der Waals surface area (Å²) in [7, 11) is 0. The minimum Gasteiger partial charge on any atom is -0.304 e. The third kappa shape index (κ3) is 3.13. The van der Waals surface area contributed by atoms with Crippen molar-refractivity contribution >= 4 is 0 Å². The average molecular weight is 341 g/mol. The van der Waals surface area contributed by atoms with Gasteiger partial charge >= 0.3 is 0 Å². The third-order valence-corrected chi connectivity index (χ3v) is 5.88. The molecule has 5 heteroatoms. The second kappa shape index (κ2) is 6.37. The zero-order valence-electron chi connectivity index (χ0n) is 14.6. The lowest BCUT2D eigenvalue weighted by Crippen LogP contribution is -2.25. The molecule has 1 spiro atoms. The van der Waals surface area contributed by atoms with Crippen LogP contribution in [0.5, 0.6) is 0 Å². The Bertz CT molecular complexity index is 839. The van der Waals surface area contributed by atoms with Crippen LogP contribution in [0.25, 0.3) is 11.4 Å². The highest BCUT2D eigenvalue weighted by atomic mass is 19.1. The number of benzene rings is 1. The third-order valence-electron chi connectivity index (χ3n) is 5.88. The number of aromatic nitrogens is 2. The molecule has 1 saturated heterocycles. The summed E-state index contributed by atoms with van der Waals surface area (Å²) < 4.78 is 13.6. The molecule has 2 aliphatic rings. The van der Waals surface area contributed by atoms with Gasteiger partial charge in [0.2, 0.25) is 5.82 Å². The number of hydrogen-bond acceptors (Lipinski definition) is 3. The van der Waals surface area contributed by atoms with E-state index in [1.807, 2.05) is 18.2 Å². The Labute approximate surface area is 147 Å². The van der Waals surface area contributed by atoms with Crippen molar-refractivity contribution in [1.29, 1.82) is 0 Å². The molecule has 1 aliphatic heterocycles. The van der Waals surface area contributed by atoms with Crippen LogP contribution in [0.4, 0.5) is 4.39 Å². The number of aryl methyl sites for hydroxylation is 1. The van der Waals surface area contributed by atoms with Crippen molar-refractivity contribution in [2.24, 2.45) is 5.41 Å². The molecule has 25 heavy (non-hydrogen) atoms. The largest absolute Gasteiger partial charge is 0.304 e. The van der Waals surface area contributed by atoms with E-state index < -0.39 is 11.4 Å². The Kier molecular flexibility index (Phi) is 4.20. The highest BCUT2D eigenvalue weighted by molar-refractivity contribution is 5.60. The Morgan fingerprint density at radius 3 is 2.76 bits per heavy atom. The Morgan fingerprint density at radius 1 is 1.24 bits per heavy atom. The number of halogens is 1. The van der Waals surface area contributed by atoms with E-state index in [2.05, 4.69) is 20.9 Å². The minimum atomic E-state index is -0.802. The summed E-state index contributed by atoms with van der Waals surface area (Å²) in [6, 6.07) is 7.97. The quantitative estimate of drug-likeness (QED) is 0.927. The summed E-state index contributed by atoms with van der Waals surface area (Å²) in [5, 5.41) is 0. The second-order valence-electron chi connectivity index (χ2n) is 7.64. The van der Waals surface area contributed by atoms with Gasteiger partial charge in [-0.2, -0.15) is 4.39 Å². The molecule has 1 N–H and O–H groups in total. The van der Waals surface area contributed by atoms with Crippen LogP contribution in [-0.4, -0.2) is 28.0 Å². The van der Waals surface area contributed by atoms with E-state index in [-0.39, 0.29) is 5.69 Å². The van der Waals surface area contributed by atoms with E-state index in [9.17, 15) is 9.18 Å². The molecule has 0 radical (unpaired) electrons. The molecular weight excluding hydrogens is 317 g/mol. The standard InChI is InChI=1S/C20H24FN3O/c1-14-17(21)19(25)23-18(22-14)16-7-3-2-6-15(16)12-24-11-10-20(13-24)8-4-5-9-20/h2-3,6-7H,4-5,8-13H2,1H3,(H,22,23,25). The molecule has 1 aromatic heterocycles. The molecule has 4 rings (SSSR count). The van der Waals surface area contributed by atoms with Gasteiger partial charge in [-0.05, 0) is 43.7 Å². The number of likely N-dealkylation sites (tertiary alicyclic amines) is 1. The van der Waals surface area contributed by atoms with E-state index in [1.54, 1.807) is 0 Å². The average Bonchev–Trinajstić information content (AvgIpc) is 3.23. The predicted molar refractivity (Wildman–Crippen MR) is 95.8 cm³/mol. The maximum atomic E-state index is 13.6. The first-order valence-corrected chi connectivity index (χ1v) is 9.13. The molecule has 2 heterocycles. The summed E-state index contributed by atoms with van der Waals surface area (Å²) in [4.78, 5) is 21.1. The lowest BCUT2D eigenvalue weighted by Gasteiger charge is -2.24. The van der Waals surface area contributed by atoms with E-state index in [4.69, 9.17) is 0 Å². The Morgan fingerprint density at radius 2 is 2.00 bits per heavy atom. The molecule has 0 atom stereocenters. The normalized spacial score (nSPS) is 19.8. The number of nitrogens with one attached hydrogen (secondary N) is 1. The molecule has 4 nitrogen and oxygen atoms in total. The number of rotatable bonds is 3. The van der Waals surface area contributed by atoms with Crippen LogP contribution in [0.3, 0.4) is 0 Å². The van der Waals surface area contributed by atoms with Crippen molar-refractivity contribution in [2.75, 3.05) is 13.1 Å². The molecule has 0 unspecified atom stereocenters. The van der Waals surface area contributed by atoms with E-state index in [0.29, 0.717) is 11.2 Å². The number of nitrogens with zero attached hydrogens (tertiary/aromatic N) is 2. The molecular formula is C20H24FN3O. The molecule has 1 saturated carbocycles. The highest BCUT2D eigenvalue weighted by Gasteiger charge is 2.40. The van der Waals surface area contributed by atoms with Gasteiger partial charge in [0.15, 0.2) is 0 Å². The highest BCUT2D eigenvalue weighted by Crippen LogP contribution is 2.45. The molecule has 132 valence electrons. The molecule has 1 aromatic carbocycles. The van der Waals surface area contributed by atoms with Crippen LogP contribution in [0.1, 0.15) is 43.4 Å². The van der Waals surface area contributed by atoms with Crippen LogP contribution in [0.2, 0.25) is 0 Å². The zero-order chi connectivity index (χ0) is 17.4. The van der Waals surface area contributed by atoms with Gasteiger partial charge in [-0.15, -0.1) is 0 Å². The monoisotopic (exact) mass is 341 g/mol. The van der Waals surface area contributed by atoms with Crippen LogP contribution in [0, 0.1) is 18.2 Å². The zero-order valence-corrected chi connectivity index (χ0v) is 14.6. The smallest absolute Gasteiger partial charge is 0.287 e. The van der Waals surface area contributed by atoms with Crippen molar-refractivity contribution < 1.29 is 4.39 Å². The first kappa shape index (κ1) is 16.5. The van der Waals surface area contributed by atoms with Crippen molar-refractivity contribution in [2.45, 2.75) is 45.6 Å². The van der Waals surface area contributed by atoms with E-state index >= 15 is 0 Å².